The van der Waals surface area contributed by atoms with Crippen LogP contribution in [0.15, 0.2) is 0 Å². The Bertz CT molecular complexity index is 283. The van der Waals surface area contributed by atoms with Gasteiger partial charge in [0, 0.05) is 12.6 Å². The van der Waals surface area contributed by atoms with Crippen LogP contribution in [0.5, 0.6) is 0 Å². The first-order chi connectivity index (χ1) is 8.01. The Morgan fingerprint density at radius 3 is 2.29 bits per heavy atom. The van der Waals surface area contributed by atoms with E-state index in [9.17, 15) is 4.79 Å². The summed E-state index contributed by atoms with van der Waals surface area (Å²) in [6, 6.07) is 0.645. The van der Waals surface area contributed by atoms with E-state index in [1.54, 1.807) is 0 Å². The molecule has 4 heteroatoms. The molecule has 0 aromatic rings. The predicted molar refractivity (Wildman–Crippen MR) is 67.1 cm³/mol. The van der Waals surface area contributed by atoms with Crippen molar-refractivity contribution in [2.75, 3.05) is 32.7 Å². The van der Waals surface area contributed by atoms with E-state index in [-0.39, 0.29) is 6.54 Å². The minimum absolute atomic E-state index is 0.212. The lowest BCUT2D eigenvalue weighted by atomic mass is 9.78. The highest BCUT2D eigenvalue weighted by molar-refractivity contribution is 5.69. The van der Waals surface area contributed by atoms with Crippen molar-refractivity contribution in [1.29, 1.82) is 0 Å². The molecule has 0 bridgehead atoms. The molecule has 2 heterocycles. The topological polar surface area (TPSA) is 43.8 Å². The fourth-order valence-corrected chi connectivity index (χ4v) is 3.20. The highest BCUT2D eigenvalue weighted by atomic mass is 16.4. The minimum atomic E-state index is -0.698. The lowest BCUT2D eigenvalue weighted by Crippen LogP contribution is -2.43. The van der Waals surface area contributed by atoms with Gasteiger partial charge < -0.3 is 10.0 Å². The molecule has 2 aliphatic heterocycles. The molecule has 2 rings (SSSR count). The van der Waals surface area contributed by atoms with Crippen molar-refractivity contribution in [2.45, 2.75) is 39.2 Å². The summed E-state index contributed by atoms with van der Waals surface area (Å²) in [5, 5.41) is 8.79. The number of carboxylic acids is 1. The highest BCUT2D eigenvalue weighted by Gasteiger charge is 2.41. The summed E-state index contributed by atoms with van der Waals surface area (Å²) in [7, 11) is 0. The van der Waals surface area contributed by atoms with Crippen LogP contribution in [0.25, 0.3) is 0 Å². The summed E-state index contributed by atoms with van der Waals surface area (Å²) < 4.78 is 0. The Labute approximate surface area is 104 Å². The molecule has 2 fully saturated rings. The molecule has 17 heavy (non-hydrogen) atoms. The van der Waals surface area contributed by atoms with Gasteiger partial charge in [-0.05, 0) is 58.2 Å². The standard InChI is InChI=1S/C13H24N2O2/c1-11(2)15-8-5-13(10-15)3-6-14(7-4-13)9-12(16)17/h11H,3-10H2,1-2H3,(H,16,17). The zero-order valence-corrected chi connectivity index (χ0v) is 11.0. The molecule has 4 nitrogen and oxygen atoms in total. The van der Waals surface area contributed by atoms with E-state index in [2.05, 4.69) is 23.6 Å². The molecular weight excluding hydrogens is 216 g/mol. The van der Waals surface area contributed by atoms with Crippen molar-refractivity contribution in [3.63, 3.8) is 0 Å². The number of hydrogen-bond donors (Lipinski definition) is 1. The molecule has 0 aliphatic carbocycles. The van der Waals surface area contributed by atoms with Crippen molar-refractivity contribution in [3.8, 4) is 0 Å². The first kappa shape index (κ1) is 12.8. The molecule has 1 spiro atoms. The van der Waals surface area contributed by atoms with Gasteiger partial charge in [0.1, 0.15) is 0 Å². The van der Waals surface area contributed by atoms with Gasteiger partial charge in [0.25, 0.3) is 0 Å². The number of nitrogens with zero attached hydrogens (tertiary/aromatic N) is 2. The zero-order valence-electron chi connectivity index (χ0n) is 11.0. The van der Waals surface area contributed by atoms with Crippen LogP contribution in [0, 0.1) is 5.41 Å². The average Bonchev–Trinajstić information content (AvgIpc) is 2.66. The fourth-order valence-electron chi connectivity index (χ4n) is 3.20. The first-order valence-corrected chi connectivity index (χ1v) is 6.69. The van der Waals surface area contributed by atoms with Crippen molar-refractivity contribution in [2.24, 2.45) is 5.41 Å². The van der Waals surface area contributed by atoms with E-state index < -0.39 is 5.97 Å². The quantitative estimate of drug-likeness (QED) is 0.807. The fraction of sp³-hybridized carbons (Fsp3) is 0.923. The van der Waals surface area contributed by atoms with E-state index >= 15 is 0 Å². The van der Waals surface area contributed by atoms with Gasteiger partial charge in [0.2, 0.25) is 0 Å². The smallest absolute Gasteiger partial charge is 0.317 e. The van der Waals surface area contributed by atoms with E-state index in [0.29, 0.717) is 11.5 Å². The first-order valence-electron chi connectivity index (χ1n) is 6.69. The van der Waals surface area contributed by atoms with Gasteiger partial charge in [-0.15, -0.1) is 0 Å². The van der Waals surface area contributed by atoms with Crippen LogP contribution in [-0.2, 0) is 4.79 Å². The van der Waals surface area contributed by atoms with E-state index in [0.717, 1.165) is 13.1 Å². The second-order valence-corrected chi connectivity index (χ2v) is 5.98. The molecule has 98 valence electrons. The van der Waals surface area contributed by atoms with Crippen molar-refractivity contribution < 1.29 is 9.90 Å². The molecule has 2 saturated heterocycles. The van der Waals surface area contributed by atoms with E-state index in [1.807, 2.05) is 0 Å². The monoisotopic (exact) mass is 240 g/mol. The molecule has 0 amide bonds. The maximum Gasteiger partial charge on any atom is 0.317 e. The van der Waals surface area contributed by atoms with Crippen LogP contribution in [-0.4, -0.2) is 59.6 Å². The van der Waals surface area contributed by atoms with Gasteiger partial charge in [0.15, 0.2) is 0 Å². The summed E-state index contributed by atoms with van der Waals surface area (Å²) in [5.74, 6) is -0.698. The number of aliphatic carboxylic acids is 1. The lowest BCUT2D eigenvalue weighted by molar-refractivity contribution is -0.138. The number of hydrogen-bond acceptors (Lipinski definition) is 3. The minimum Gasteiger partial charge on any atom is -0.480 e. The molecule has 0 atom stereocenters. The SMILES string of the molecule is CC(C)N1CCC2(CCN(CC(=O)O)CC2)C1. The Morgan fingerprint density at radius 2 is 1.82 bits per heavy atom. The Morgan fingerprint density at radius 1 is 1.24 bits per heavy atom. The number of rotatable bonds is 3. The molecule has 0 radical (unpaired) electrons. The maximum absolute atomic E-state index is 10.7. The molecule has 1 N–H and O–H groups in total. The summed E-state index contributed by atoms with van der Waals surface area (Å²) in [5.41, 5.74) is 0.485. The Balaban J connectivity index is 1.84. The van der Waals surface area contributed by atoms with Crippen molar-refractivity contribution in [1.82, 2.24) is 9.80 Å². The second-order valence-electron chi connectivity index (χ2n) is 5.98. The normalized spacial score (nSPS) is 25.8. The third-order valence-electron chi connectivity index (χ3n) is 4.47. The van der Waals surface area contributed by atoms with Gasteiger partial charge in [-0.2, -0.15) is 0 Å². The molecule has 0 saturated carbocycles. The van der Waals surface area contributed by atoms with Gasteiger partial charge in [0.05, 0.1) is 6.54 Å². The number of likely N-dealkylation sites (tertiary alicyclic amines) is 2. The summed E-state index contributed by atoms with van der Waals surface area (Å²) in [4.78, 5) is 15.3. The van der Waals surface area contributed by atoms with Crippen molar-refractivity contribution >= 4 is 5.97 Å². The third kappa shape index (κ3) is 2.99. The van der Waals surface area contributed by atoms with Gasteiger partial charge in [-0.25, -0.2) is 0 Å². The van der Waals surface area contributed by atoms with Crippen LogP contribution in [0.4, 0.5) is 0 Å². The number of piperidine rings is 1. The summed E-state index contributed by atoms with van der Waals surface area (Å²) >= 11 is 0. The van der Waals surface area contributed by atoms with Crippen LogP contribution in [0.2, 0.25) is 0 Å². The van der Waals surface area contributed by atoms with Crippen LogP contribution >= 0.6 is 0 Å². The third-order valence-corrected chi connectivity index (χ3v) is 4.47. The summed E-state index contributed by atoms with van der Waals surface area (Å²) in [6.45, 7) is 9.08. The van der Waals surface area contributed by atoms with Crippen LogP contribution in [0.3, 0.4) is 0 Å². The summed E-state index contributed by atoms with van der Waals surface area (Å²) in [6.07, 6.45) is 3.64. The Kier molecular flexibility index (Phi) is 3.73. The molecule has 0 aromatic heterocycles. The van der Waals surface area contributed by atoms with Crippen LogP contribution in [0.1, 0.15) is 33.1 Å². The zero-order chi connectivity index (χ0) is 12.5. The molecular formula is C13H24N2O2. The van der Waals surface area contributed by atoms with E-state index in [4.69, 9.17) is 5.11 Å². The maximum atomic E-state index is 10.7. The number of carbonyl (C=O) groups is 1. The van der Waals surface area contributed by atoms with Crippen LogP contribution < -0.4 is 0 Å². The predicted octanol–water partition coefficient (Wildman–Crippen LogP) is 1.27. The average molecular weight is 240 g/mol. The Hall–Kier alpha value is -0.610. The molecule has 0 aromatic carbocycles. The number of carboxylic acid groups (broad SMARTS) is 1. The molecule has 0 unspecified atom stereocenters. The van der Waals surface area contributed by atoms with Gasteiger partial charge in [-0.1, -0.05) is 0 Å². The van der Waals surface area contributed by atoms with Crippen molar-refractivity contribution in [3.05, 3.63) is 0 Å². The van der Waals surface area contributed by atoms with Gasteiger partial charge in [-0.3, -0.25) is 9.69 Å². The van der Waals surface area contributed by atoms with E-state index in [1.165, 1.54) is 32.4 Å². The molecule has 2 aliphatic rings. The largest absolute Gasteiger partial charge is 0.480 e. The van der Waals surface area contributed by atoms with Gasteiger partial charge >= 0.3 is 5.97 Å². The lowest BCUT2D eigenvalue weighted by Gasteiger charge is -2.39. The highest BCUT2D eigenvalue weighted by Crippen LogP contribution is 2.40. The second kappa shape index (κ2) is 4.94.